The number of carbonyl (C=O) groups excluding carboxylic acids is 1. The summed E-state index contributed by atoms with van der Waals surface area (Å²) in [6.07, 6.45) is 2.00. The second-order valence-corrected chi connectivity index (χ2v) is 6.18. The molecule has 2 unspecified atom stereocenters. The van der Waals surface area contributed by atoms with Crippen LogP contribution in [0.4, 0.5) is 4.39 Å². The average molecular weight is 327 g/mol. The number of amides is 1. The Morgan fingerprint density at radius 3 is 3.11 bits per heavy atom. The van der Waals surface area contributed by atoms with E-state index in [4.69, 9.17) is 0 Å². The Morgan fingerprint density at radius 2 is 2.32 bits per heavy atom. The number of nitrogens with one attached hydrogen (secondary N) is 1. The molecule has 2 saturated heterocycles. The van der Waals surface area contributed by atoms with Gasteiger partial charge in [0, 0.05) is 29.2 Å². The molecular formula is C14H16BrFN2O. The fourth-order valence-corrected chi connectivity index (χ4v) is 3.42. The number of fused-ring (bicyclic) bond motifs is 1. The Hall–Kier alpha value is -0.940. The maximum absolute atomic E-state index is 13.7. The van der Waals surface area contributed by atoms with E-state index in [9.17, 15) is 9.18 Å². The Kier molecular flexibility index (Phi) is 3.58. The maximum atomic E-state index is 13.7. The first-order chi connectivity index (χ1) is 9.15. The van der Waals surface area contributed by atoms with E-state index in [-0.39, 0.29) is 23.7 Å². The molecule has 0 aromatic heterocycles. The molecular weight excluding hydrogens is 311 g/mol. The zero-order valence-corrected chi connectivity index (χ0v) is 12.1. The fraction of sp³-hybridized carbons (Fsp3) is 0.500. The zero-order valence-electron chi connectivity index (χ0n) is 10.5. The minimum Gasteiger partial charge on any atom is -0.336 e. The number of carbonyl (C=O) groups is 1. The molecule has 0 spiro atoms. The van der Waals surface area contributed by atoms with Crippen molar-refractivity contribution in [1.29, 1.82) is 0 Å². The van der Waals surface area contributed by atoms with Gasteiger partial charge in [-0.1, -0.05) is 15.9 Å². The number of likely N-dealkylation sites (tertiary alicyclic amines) is 1. The minimum atomic E-state index is -0.251. The standard InChI is InChI=1S/C14H16BrFN2O/c15-10-3-4-12(16)9(6-10)7-18-8-13-11(14(18)19)2-1-5-17-13/h3-4,6,11,13,17H,1-2,5,7-8H2. The van der Waals surface area contributed by atoms with Crippen LogP contribution in [0.25, 0.3) is 0 Å². The molecule has 2 aliphatic rings. The molecule has 2 fully saturated rings. The van der Waals surface area contributed by atoms with Gasteiger partial charge in [-0.2, -0.15) is 0 Å². The number of piperidine rings is 1. The molecule has 2 aliphatic heterocycles. The van der Waals surface area contributed by atoms with Crippen LogP contribution in [0.1, 0.15) is 18.4 Å². The van der Waals surface area contributed by atoms with Gasteiger partial charge in [0.1, 0.15) is 5.82 Å². The van der Waals surface area contributed by atoms with Crippen LogP contribution in [0.2, 0.25) is 0 Å². The highest BCUT2D eigenvalue weighted by Gasteiger charge is 2.41. The van der Waals surface area contributed by atoms with Crippen LogP contribution >= 0.6 is 15.9 Å². The van der Waals surface area contributed by atoms with Crippen molar-refractivity contribution >= 4 is 21.8 Å². The summed E-state index contributed by atoms with van der Waals surface area (Å²) in [4.78, 5) is 14.1. The molecule has 3 rings (SSSR count). The maximum Gasteiger partial charge on any atom is 0.227 e. The van der Waals surface area contributed by atoms with Gasteiger partial charge in [-0.3, -0.25) is 4.79 Å². The van der Waals surface area contributed by atoms with Crippen molar-refractivity contribution in [3.8, 4) is 0 Å². The Labute approximate surface area is 120 Å². The highest BCUT2D eigenvalue weighted by Crippen LogP contribution is 2.28. The summed E-state index contributed by atoms with van der Waals surface area (Å²) < 4.78 is 14.6. The highest BCUT2D eigenvalue weighted by atomic mass is 79.9. The lowest BCUT2D eigenvalue weighted by atomic mass is 9.94. The minimum absolute atomic E-state index is 0.0870. The van der Waals surface area contributed by atoms with Gasteiger partial charge in [0.05, 0.1) is 5.92 Å². The smallest absolute Gasteiger partial charge is 0.227 e. The average Bonchev–Trinajstić information content (AvgIpc) is 2.72. The molecule has 5 heteroatoms. The number of nitrogens with zero attached hydrogens (tertiary/aromatic N) is 1. The summed E-state index contributed by atoms with van der Waals surface area (Å²) in [6, 6.07) is 5.10. The number of benzene rings is 1. The normalized spacial score (nSPS) is 26.6. The van der Waals surface area contributed by atoms with E-state index < -0.39 is 0 Å². The van der Waals surface area contributed by atoms with Gasteiger partial charge in [0.2, 0.25) is 5.91 Å². The highest BCUT2D eigenvalue weighted by molar-refractivity contribution is 9.10. The van der Waals surface area contributed by atoms with E-state index >= 15 is 0 Å². The van der Waals surface area contributed by atoms with Crippen molar-refractivity contribution in [3.63, 3.8) is 0 Å². The van der Waals surface area contributed by atoms with Crippen LogP contribution < -0.4 is 5.32 Å². The van der Waals surface area contributed by atoms with Gasteiger partial charge in [-0.25, -0.2) is 4.39 Å². The van der Waals surface area contributed by atoms with Crippen molar-refractivity contribution in [2.24, 2.45) is 5.92 Å². The lowest BCUT2D eigenvalue weighted by Crippen LogP contribution is -2.41. The summed E-state index contributed by atoms with van der Waals surface area (Å²) in [5.74, 6) is -0.000583. The molecule has 0 radical (unpaired) electrons. The largest absolute Gasteiger partial charge is 0.336 e. The van der Waals surface area contributed by atoms with Crippen molar-refractivity contribution < 1.29 is 9.18 Å². The van der Waals surface area contributed by atoms with Crippen LogP contribution in [0.5, 0.6) is 0 Å². The molecule has 2 atom stereocenters. The molecule has 1 aromatic carbocycles. The lowest BCUT2D eigenvalue weighted by Gasteiger charge is -2.23. The fourth-order valence-electron chi connectivity index (χ4n) is 3.01. The van der Waals surface area contributed by atoms with E-state index in [1.165, 1.54) is 6.07 Å². The van der Waals surface area contributed by atoms with Crippen molar-refractivity contribution in [1.82, 2.24) is 10.2 Å². The summed E-state index contributed by atoms with van der Waals surface area (Å²) in [5, 5.41) is 3.39. The second kappa shape index (κ2) is 5.21. The van der Waals surface area contributed by atoms with Gasteiger partial charge in [0.15, 0.2) is 0 Å². The molecule has 1 amide bonds. The van der Waals surface area contributed by atoms with Gasteiger partial charge in [-0.05, 0) is 37.6 Å². The third kappa shape index (κ3) is 2.54. The first-order valence-corrected chi connectivity index (χ1v) is 7.40. The monoisotopic (exact) mass is 326 g/mol. The topological polar surface area (TPSA) is 32.3 Å². The third-order valence-corrected chi connectivity index (χ3v) is 4.49. The molecule has 19 heavy (non-hydrogen) atoms. The summed E-state index contributed by atoms with van der Waals surface area (Å²) in [6.45, 7) is 2.03. The Balaban J connectivity index is 1.76. The number of hydrogen-bond donors (Lipinski definition) is 1. The molecule has 0 bridgehead atoms. The van der Waals surface area contributed by atoms with E-state index in [0.29, 0.717) is 18.7 Å². The van der Waals surface area contributed by atoms with Gasteiger partial charge in [-0.15, -0.1) is 0 Å². The zero-order chi connectivity index (χ0) is 13.4. The molecule has 1 N–H and O–H groups in total. The predicted octanol–water partition coefficient (Wildman–Crippen LogP) is 2.30. The van der Waals surface area contributed by atoms with Crippen LogP contribution in [0.15, 0.2) is 22.7 Å². The lowest BCUT2D eigenvalue weighted by molar-refractivity contribution is -0.131. The van der Waals surface area contributed by atoms with Crippen molar-refractivity contribution in [2.45, 2.75) is 25.4 Å². The number of rotatable bonds is 2. The summed E-state index contributed by atoms with van der Waals surface area (Å²) in [7, 11) is 0. The summed E-state index contributed by atoms with van der Waals surface area (Å²) >= 11 is 3.34. The number of hydrogen-bond acceptors (Lipinski definition) is 2. The molecule has 2 heterocycles. The SMILES string of the molecule is O=C1C2CCCNC2CN1Cc1cc(Br)ccc1F. The van der Waals surface area contributed by atoms with Crippen molar-refractivity contribution in [3.05, 3.63) is 34.1 Å². The van der Waals surface area contributed by atoms with Gasteiger partial charge < -0.3 is 10.2 Å². The number of halogens is 2. The first kappa shape index (κ1) is 13.1. The predicted molar refractivity (Wildman–Crippen MR) is 74.0 cm³/mol. The summed E-state index contributed by atoms with van der Waals surface area (Å²) in [5.41, 5.74) is 0.571. The molecule has 102 valence electrons. The van der Waals surface area contributed by atoms with Gasteiger partial charge >= 0.3 is 0 Å². The Bertz CT molecular complexity index is 508. The van der Waals surface area contributed by atoms with Crippen LogP contribution in [0, 0.1) is 11.7 Å². The molecule has 0 aliphatic carbocycles. The van der Waals surface area contributed by atoms with E-state index in [2.05, 4.69) is 21.2 Å². The second-order valence-electron chi connectivity index (χ2n) is 5.26. The Morgan fingerprint density at radius 1 is 1.47 bits per heavy atom. The molecule has 0 saturated carbocycles. The van der Waals surface area contributed by atoms with Crippen LogP contribution in [-0.4, -0.2) is 29.9 Å². The molecule has 3 nitrogen and oxygen atoms in total. The van der Waals surface area contributed by atoms with Crippen LogP contribution in [-0.2, 0) is 11.3 Å². The molecule has 1 aromatic rings. The third-order valence-electron chi connectivity index (χ3n) is 4.00. The quantitative estimate of drug-likeness (QED) is 0.904. The van der Waals surface area contributed by atoms with Crippen LogP contribution in [0.3, 0.4) is 0 Å². The van der Waals surface area contributed by atoms with E-state index in [1.807, 2.05) is 0 Å². The van der Waals surface area contributed by atoms with Crippen molar-refractivity contribution in [2.75, 3.05) is 13.1 Å². The van der Waals surface area contributed by atoms with Gasteiger partial charge in [0.25, 0.3) is 0 Å². The van der Waals surface area contributed by atoms with E-state index in [1.54, 1.807) is 17.0 Å². The van der Waals surface area contributed by atoms with E-state index in [0.717, 1.165) is 23.9 Å². The first-order valence-electron chi connectivity index (χ1n) is 6.61.